The van der Waals surface area contributed by atoms with E-state index in [0.29, 0.717) is 22.3 Å². The van der Waals surface area contributed by atoms with Gasteiger partial charge in [-0.15, -0.1) is 0 Å². The molecule has 0 N–H and O–H groups in total. The van der Waals surface area contributed by atoms with Crippen molar-refractivity contribution in [3.8, 4) is 39.1 Å². The lowest BCUT2D eigenvalue weighted by Gasteiger charge is -2.20. The van der Waals surface area contributed by atoms with Crippen LogP contribution in [0.15, 0.2) is 97.1 Å². The number of halogens is 7. The number of ether oxygens (including phenoxy) is 1. The van der Waals surface area contributed by atoms with E-state index in [0.717, 1.165) is 67.6 Å². The molecule has 8 heteroatoms. The number of benzene rings is 5. The standard InChI is InChI=1S/C36H27F7O/c1-2-3-4-5-22-6-8-23(9-7-22)26-14-17-30(32(38)18-26)36(42,43)44-28-15-16-29(31(37)21-28)25-12-10-24(11-13-25)27-19-33(39)35(41)34(40)20-27/h6-21H,2-5H2,1H3. The molecule has 1 nitrogen and oxygen atoms in total. The van der Waals surface area contributed by atoms with Gasteiger partial charge in [0.25, 0.3) is 0 Å². The Morgan fingerprint density at radius 3 is 1.73 bits per heavy atom. The third-order valence-electron chi connectivity index (χ3n) is 7.34. The van der Waals surface area contributed by atoms with Gasteiger partial charge in [-0.25, -0.2) is 22.0 Å². The van der Waals surface area contributed by atoms with Gasteiger partial charge in [0.05, 0.1) is 5.56 Å². The summed E-state index contributed by atoms with van der Waals surface area (Å²) in [5.74, 6) is -6.86. The third kappa shape index (κ3) is 6.80. The maximum Gasteiger partial charge on any atom is 0.429 e. The van der Waals surface area contributed by atoms with Gasteiger partial charge in [-0.3, -0.25) is 0 Å². The molecule has 0 bridgehead atoms. The predicted molar refractivity (Wildman–Crippen MR) is 157 cm³/mol. The van der Waals surface area contributed by atoms with Crippen molar-refractivity contribution in [2.24, 2.45) is 0 Å². The molecular formula is C36H27F7O. The van der Waals surface area contributed by atoms with E-state index in [9.17, 15) is 22.0 Å². The summed E-state index contributed by atoms with van der Waals surface area (Å²) in [4.78, 5) is 0. The zero-order valence-electron chi connectivity index (χ0n) is 23.6. The maximum absolute atomic E-state index is 15.0. The Hall–Kier alpha value is -4.59. The number of hydrogen-bond acceptors (Lipinski definition) is 1. The van der Waals surface area contributed by atoms with Crippen LogP contribution >= 0.6 is 0 Å². The third-order valence-corrected chi connectivity index (χ3v) is 7.34. The van der Waals surface area contributed by atoms with Crippen molar-refractivity contribution in [3.05, 3.63) is 137 Å². The van der Waals surface area contributed by atoms with Gasteiger partial charge in [0.2, 0.25) is 0 Å². The minimum atomic E-state index is -4.10. The molecule has 5 aromatic carbocycles. The molecule has 5 aromatic rings. The van der Waals surface area contributed by atoms with Crippen LogP contribution in [0.5, 0.6) is 5.75 Å². The lowest BCUT2D eigenvalue weighted by Crippen LogP contribution is -2.23. The summed E-state index contributed by atoms with van der Waals surface area (Å²) < 4.78 is 105. The average molecular weight is 609 g/mol. The molecule has 44 heavy (non-hydrogen) atoms. The molecule has 0 fully saturated rings. The first kappa shape index (κ1) is 30.9. The molecule has 226 valence electrons. The number of hydrogen-bond donors (Lipinski definition) is 0. The Bertz CT molecular complexity index is 1740. The molecule has 0 atom stereocenters. The van der Waals surface area contributed by atoms with Crippen molar-refractivity contribution < 1.29 is 35.5 Å². The highest BCUT2D eigenvalue weighted by molar-refractivity contribution is 5.71. The van der Waals surface area contributed by atoms with E-state index in [-0.39, 0.29) is 11.1 Å². The second kappa shape index (κ2) is 13.0. The summed E-state index contributed by atoms with van der Waals surface area (Å²) in [6.07, 6.45) is 0.147. The Morgan fingerprint density at radius 1 is 0.545 bits per heavy atom. The predicted octanol–water partition coefficient (Wildman–Crippen LogP) is 11.2. The molecule has 0 aliphatic heterocycles. The topological polar surface area (TPSA) is 9.23 Å². The summed E-state index contributed by atoms with van der Waals surface area (Å²) in [5.41, 5.74) is 2.06. The Morgan fingerprint density at radius 2 is 1.11 bits per heavy atom. The molecule has 0 aromatic heterocycles. The van der Waals surface area contributed by atoms with Crippen LogP contribution in [0, 0.1) is 29.1 Å². The molecule has 0 spiro atoms. The van der Waals surface area contributed by atoms with Crippen LogP contribution < -0.4 is 4.74 Å². The Kier molecular flexibility index (Phi) is 9.09. The van der Waals surface area contributed by atoms with Gasteiger partial charge < -0.3 is 4.74 Å². The van der Waals surface area contributed by atoms with Crippen LogP contribution in [-0.4, -0.2) is 0 Å². The van der Waals surface area contributed by atoms with Gasteiger partial charge in [-0.05, 0) is 82.6 Å². The molecule has 0 heterocycles. The van der Waals surface area contributed by atoms with Crippen LogP contribution in [0.25, 0.3) is 33.4 Å². The summed E-state index contributed by atoms with van der Waals surface area (Å²) in [5, 5.41) is 0. The minimum absolute atomic E-state index is 0.0376. The van der Waals surface area contributed by atoms with Crippen molar-refractivity contribution in [2.75, 3.05) is 0 Å². The van der Waals surface area contributed by atoms with E-state index in [1.165, 1.54) is 36.4 Å². The van der Waals surface area contributed by atoms with Gasteiger partial charge >= 0.3 is 6.11 Å². The SMILES string of the molecule is CCCCCc1ccc(-c2ccc(C(F)(F)Oc3ccc(-c4ccc(-c5cc(F)c(F)c(F)c5)cc4)c(F)c3)c(F)c2)cc1. The van der Waals surface area contributed by atoms with E-state index >= 15 is 8.78 Å². The van der Waals surface area contributed by atoms with Crippen molar-refractivity contribution in [2.45, 2.75) is 38.7 Å². The fourth-order valence-corrected chi connectivity index (χ4v) is 4.93. The van der Waals surface area contributed by atoms with Crippen LogP contribution in [0.3, 0.4) is 0 Å². The summed E-state index contributed by atoms with van der Waals surface area (Å²) in [6.45, 7) is 2.13. The first-order valence-electron chi connectivity index (χ1n) is 14.1. The van der Waals surface area contributed by atoms with E-state index in [1.807, 2.05) is 24.3 Å². The molecule has 0 aliphatic carbocycles. The van der Waals surface area contributed by atoms with Gasteiger partial charge in [0, 0.05) is 11.6 Å². The van der Waals surface area contributed by atoms with Crippen molar-refractivity contribution in [3.63, 3.8) is 0 Å². The molecule has 0 saturated heterocycles. The van der Waals surface area contributed by atoms with E-state index in [4.69, 9.17) is 4.74 Å². The van der Waals surface area contributed by atoms with Crippen molar-refractivity contribution >= 4 is 0 Å². The van der Waals surface area contributed by atoms with Gasteiger partial charge in [-0.2, -0.15) is 8.78 Å². The maximum atomic E-state index is 15.0. The molecular weight excluding hydrogens is 581 g/mol. The highest BCUT2D eigenvalue weighted by atomic mass is 19.3. The van der Waals surface area contributed by atoms with Crippen LogP contribution in [0.4, 0.5) is 30.7 Å². The number of rotatable bonds is 10. The van der Waals surface area contributed by atoms with Gasteiger partial charge in [0.1, 0.15) is 17.4 Å². The molecule has 0 radical (unpaired) electrons. The first-order valence-corrected chi connectivity index (χ1v) is 14.1. The lowest BCUT2D eigenvalue weighted by molar-refractivity contribution is -0.187. The van der Waals surface area contributed by atoms with Gasteiger partial charge in [0.15, 0.2) is 17.5 Å². The van der Waals surface area contributed by atoms with E-state index in [1.54, 1.807) is 0 Å². The molecule has 0 amide bonds. The highest BCUT2D eigenvalue weighted by Gasteiger charge is 2.38. The summed E-state index contributed by atoms with van der Waals surface area (Å²) in [6, 6.07) is 21.5. The fraction of sp³-hybridized carbons (Fsp3) is 0.167. The number of alkyl halides is 2. The second-order valence-corrected chi connectivity index (χ2v) is 10.4. The largest absolute Gasteiger partial charge is 0.429 e. The van der Waals surface area contributed by atoms with Crippen molar-refractivity contribution in [1.29, 1.82) is 0 Å². The normalized spacial score (nSPS) is 11.5. The molecule has 0 saturated carbocycles. The fourth-order valence-electron chi connectivity index (χ4n) is 4.93. The van der Waals surface area contributed by atoms with Gasteiger partial charge in [-0.1, -0.05) is 74.4 Å². The van der Waals surface area contributed by atoms with Crippen LogP contribution in [0.2, 0.25) is 0 Å². The Labute approximate surface area is 250 Å². The zero-order chi connectivity index (χ0) is 31.4. The average Bonchev–Trinajstić information content (AvgIpc) is 3.00. The summed E-state index contributed by atoms with van der Waals surface area (Å²) in [7, 11) is 0. The van der Waals surface area contributed by atoms with Crippen LogP contribution in [-0.2, 0) is 12.5 Å². The number of unbranched alkanes of at least 4 members (excludes halogenated alkanes) is 2. The quantitative estimate of drug-likeness (QED) is 0.0871. The Balaban J connectivity index is 1.29. The smallest absolute Gasteiger partial charge is 0.429 e. The molecule has 0 unspecified atom stereocenters. The molecule has 0 aliphatic rings. The lowest BCUT2D eigenvalue weighted by atomic mass is 9.99. The second-order valence-electron chi connectivity index (χ2n) is 10.4. The van der Waals surface area contributed by atoms with E-state index < -0.39 is 46.5 Å². The van der Waals surface area contributed by atoms with Crippen molar-refractivity contribution in [1.82, 2.24) is 0 Å². The number of aryl methyl sites for hydroxylation is 1. The first-order chi connectivity index (χ1) is 21.1. The van der Waals surface area contributed by atoms with E-state index in [2.05, 4.69) is 6.92 Å². The highest BCUT2D eigenvalue weighted by Crippen LogP contribution is 2.37. The zero-order valence-corrected chi connectivity index (χ0v) is 23.6. The molecule has 5 rings (SSSR count). The monoisotopic (exact) mass is 608 g/mol. The van der Waals surface area contributed by atoms with Crippen LogP contribution in [0.1, 0.15) is 37.3 Å². The summed E-state index contributed by atoms with van der Waals surface area (Å²) >= 11 is 0. The minimum Gasteiger partial charge on any atom is -0.429 e.